The van der Waals surface area contributed by atoms with Crippen LogP contribution in [-0.2, 0) is 19.1 Å². The van der Waals surface area contributed by atoms with E-state index in [1.165, 1.54) is 0 Å². The van der Waals surface area contributed by atoms with E-state index < -0.39 is 33.7 Å². The molecule has 9 heteroatoms. The van der Waals surface area contributed by atoms with Gasteiger partial charge < -0.3 is 9.50 Å². The van der Waals surface area contributed by atoms with Gasteiger partial charge in [-0.2, -0.15) is 21.6 Å². The van der Waals surface area contributed by atoms with Crippen LogP contribution in [0.15, 0.2) is 17.9 Å². The molecule has 1 amide bonds. The molecule has 1 N–H and O–H groups in total. The zero-order chi connectivity index (χ0) is 21.8. The zero-order valence-electron chi connectivity index (χ0n) is 16.7. The van der Waals surface area contributed by atoms with E-state index in [0.717, 1.165) is 22.9 Å². The Kier molecular flexibility index (Phi) is 5.26. The average molecular weight is 431 g/mol. The number of nitrogens with one attached hydrogen (secondary N) is 1. The third-order valence-electron chi connectivity index (χ3n) is 5.71. The quantitative estimate of drug-likeness (QED) is 0.737. The molecule has 0 unspecified atom stereocenters. The molecule has 5 nitrogen and oxygen atoms in total. The lowest BCUT2D eigenvalue weighted by Gasteiger charge is -2.38. The Morgan fingerprint density at radius 1 is 1.10 bits per heavy atom. The van der Waals surface area contributed by atoms with E-state index in [1.54, 1.807) is 13.8 Å². The normalized spacial score (nSPS) is 25.5. The maximum Gasteiger partial charge on any atom is 0.391 e. The second-order valence-electron chi connectivity index (χ2n) is 8.12. The van der Waals surface area contributed by atoms with Crippen molar-refractivity contribution in [3.8, 4) is 0 Å². The number of hydrogen-bond donors (Lipinski definition) is 1. The van der Waals surface area contributed by atoms with Crippen LogP contribution in [0.25, 0.3) is 5.57 Å². The summed E-state index contributed by atoms with van der Waals surface area (Å²) in [5.74, 6) is -2.08. The van der Waals surface area contributed by atoms with E-state index in [-0.39, 0.29) is 37.0 Å². The molecule has 3 rings (SSSR count). The van der Waals surface area contributed by atoms with Gasteiger partial charge in [0.25, 0.3) is 5.91 Å². The number of rotatable bonds is 3. The van der Waals surface area contributed by atoms with Gasteiger partial charge >= 0.3 is 16.3 Å². The lowest BCUT2D eigenvalue weighted by atomic mass is 9.75. The predicted molar refractivity (Wildman–Crippen MR) is 102 cm³/mol. The van der Waals surface area contributed by atoms with E-state index in [9.17, 15) is 26.4 Å². The first-order valence-corrected chi connectivity index (χ1v) is 11.2. The number of hydrogen-bond acceptors (Lipinski definition) is 4. The third kappa shape index (κ3) is 4.15. The van der Waals surface area contributed by atoms with E-state index in [2.05, 4.69) is 5.32 Å². The van der Waals surface area contributed by atoms with Gasteiger partial charge in [-0.05, 0) is 63.1 Å². The molecule has 1 saturated carbocycles. The van der Waals surface area contributed by atoms with Crippen LogP contribution in [0.1, 0.15) is 47.9 Å². The van der Waals surface area contributed by atoms with Gasteiger partial charge in [0, 0.05) is 0 Å². The van der Waals surface area contributed by atoms with Crippen LogP contribution in [0, 0.1) is 26.7 Å². The van der Waals surface area contributed by atoms with E-state index in [4.69, 9.17) is 4.18 Å². The smallest absolute Gasteiger partial charge is 0.384 e. The second-order valence-corrected chi connectivity index (χ2v) is 9.69. The average Bonchev–Trinajstić information content (AvgIpc) is 2.77. The molecule has 29 heavy (non-hydrogen) atoms. The summed E-state index contributed by atoms with van der Waals surface area (Å²) < 4.78 is 68.6. The predicted octanol–water partition coefficient (Wildman–Crippen LogP) is 3.92. The molecule has 1 fully saturated rings. The van der Waals surface area contributed by atoms with Crippen molar-refractivity contribution in [1.82, 2.24) is 5.32 Å². The Hall–Kier alpha value is -2.03. The van der Waals surface area contributed by atoms with Crippen LogP contribution in [-0.4, -0.2) is 32.3 Å². The summed E-state index contributed by atoms with van der Waals surface area (Å²) in [5, 5.41) is 2.76. The molecule has 1 aliphatic heterocycles. The maximum atomic E-state index is 13.1. The first-order valence-electron chi connectivity index (χ1n) is 9.35. The summed E-state index contributed by atoms with van der Waals surface area (Å²) in [6.07, 6.45) is -3.95. The second kappa shape index (κ2) is 7.04. The van der Waals surface area contributed by atoms with Crippen molar-refractivity contribution in [3.05, 3.63) is 40.1 Å². The van der Waals surface area contributed by atoms with Gasteiger partial charge in [-0.3, -0.25) is 4.79 Å². The summed E-state index contributed by atoms with van der Waals surface area (Å²) in [7, 11) is -4.00. The number of halogens is 3. The number of aryl methyl sites for hydroxylation is 3. The molecule has 2 aliphatic rings. The highest BCUT2D eigenvalue weighted by molar-refractivity contribution is 7.86. The van der Waals surface area contributed by atoms with Crippen molar-refractivity contribution in [2.45, 2.75) is 58.2 Å². The fourth-order valence-corrected chi connectivity index (χ4v) is 5.09. The minimum Gasteiger partial charge on any atom is -0.384 e. The van der Waals surface area contributed by atoms with Gasteiger partial charge in [0.2, 0.25) is 0 Å². The molecule has 0 bridgehead atoms. The molecule has 1 spiro atoms. The lowest BCUT2D eigenvalue weighted by molar-refractivity contribution is -0.184. The SMILES string of the molecule is Cc1cc(C)c(C2=C(OS(C)(=O)=O)C3(CCC(C(F)(F)F)CC3)NC2=O)c(C)c1. The summed E-state index contributed by atoms with van der Waals surface area (Å²) in [6.45, 7) is 5.51. The molecular weight excluding hydrogens is 407 g/mol. The molecule has 0 radical (unpaired) electrons. The Labute approximate surface area is 168 Å². The van der Waals surface area contributed by atoms with E-state index in [1.807, 2.05) is 19.1 Å². The largest absolute Gasteiger partial charge is 0.391 e. The van der Waals surface area contributed by atoms with Crippen LogP contribution in [0.3, 0.4) is 0 Å². The fourth-order valence-electron chi connectivity index (χ4n) is 4.54. The molecule has 1 aliphatic carbocycles. The number of benzene rings is 1. The maximum absolute atomic E-state index is 13.1. The van der Waals surface area contributed by atoms with Gasteiger partial charge in [0.1, 0.15) is 5.54 Å². The minimum absolute atomic E-state index is 0.0404. The van der Waals surface area contributed by atoms with Crippen LogP contribution in [0.4, 0.5) is 13.2 Å². The molecule has 0 aromatic heterocycles. The third-order valence-corrected chi connectivity index (χ3v) is 6.17. The van der Waals surface area contributed by atoms with Crippen LogP contribution < -0.4 is 5.32 Å². The summed E-state index contributed by atoms with van der Waals surface area (Å²) >= 11 is 0. The van der Waals surface area contributed by atoms with Gasteiger partial charge in [-0.25, -0.2) is 0 Å². The zero-order valence-corrected chi connectivity index (χ0v) is 17.6. The number of carbonyl (C=O) groups is 1. The number of amides is 1. The Bertz CT molecular complexity index is 964. The van der Waals surface area contributed by atoms with Gasteiger partial charge in [0.15, 0.2) is 5.76 Å². The highest BCUT2D eigenvalue weighted by Gasteiger charge is 2.54. The Balaban J connectivity index is 2.15. The lowest BCUT2D eigenvalue weighted by Crippen LogP contribution is -2.49. The topological polar surface area (TPSA) is 72.5 Å². The van der Waals surface area contributed by atoms with Crippen molar-refractivity contribution in [2.24, 2.45) is 5.92 Å². The van der Waals surface area contributed by atoms with Crippen molar-refractivity contribution in [3.63, 3.8) is 0 Å². The van der Waals surface area contributed by atoms with Crippen molar-refractivity contribution < 1.29 is 30.6 Å². The monoisotopic (exact) mass is 431 g/mol. The van der Waals surface area contributed by atoms with Crippen molar-refractivity contribution in [2.75, 3.05) is 6.26 Å². The number of alkyl halides is 3. The first-order chi connectivity index (χ1) is 13.2. The van der Waals surface area contributed by atoms with Crippen LogP contribution in [0.5, 0.6) is 0 Å². The molecule has 0 saturated heterocycles. The van der Waals surface area contributed by atoms with Crippen LogP contribution >= 0.6 is 0 Å². The summed E-state index contributed by atoms with van der Waals surface area (Å²) in [4.78, 5) is 12.9. The molecular formula is C20H24F3NO4S. The first kappa shape index (κ1) is 21.7. The van der Waals surface area contributed by atoms with Gasteiger partial charge in [-0.15, -0.1) is 0 Å². The molecule has 0 atom stereocenters. The highest BCUT2D eigenvalue weighted by atomic mass is 32.2. The van der Waals surface area contributed by atoms with Crippen LogP contribution in [0.2, 0.25) is 0 Å². The molecule has 1 aromatic carbocycles. The number of carbonyl (C=O) groups excluding carboxylic acids is 1. The van der Waals surface area contributed by atoms with Crippen molar-refractivity contribution >= 4 is 21.6 Å². The Morgan fingerprint density at radius 3 is 2.07 bits per heavy atom. The van der Waals surface area contributed by atoms with Gasteiger partial charge in [0.05, 0.1) is 17.7 Å². The van der Waals surface area contributed by atoms with Crippen molar-refractivity contribution in [1.29, 1.82) is 0 Å². The summed E-state index contributed by atoms with van der Waals surface area (Å²) in [6, 6.07) is 3.73. The van der Waals surface area contributed by atoms with Gasteiger partial charge in [-0.1, -0.05) is 17.7 Å². The Morgan fingerprint density at radius 2 is 1.62 bits per heavy atom. The molecule has 1 aromatic rings. The standard InChI is InChI=1S/C20H24F3NO4S/c1-11-9-12(2)15(13(3)10-11)16-17(28-29(4,26)27)19(24-18(16)25)7-5-14(6-8-19)20(21,22)23/h9-10,14H,5-8H2,1-4H3,(H,24,25). The molecule has 1 heterocycles. The highest BCUT2D eigenvalue weighted by Crippen LogP contribution is 2.49. The van der Waals surface area contributed by atoms with E-state index in [0.29, 0.717) is 5.56 Å². The fraction of sp³-hybridized carbons (Fsp3) is 0.550. The van der Waals surface area contributed by atoms with E-state index >= 15 is 0 Å². The molecule has 160 valence electrons. The summed E-state index contributed by atoms with van der Waals surface area (Å²) in [5.41, 5.74) is 1.92. The minimum atomic E-state index is -4.32.